The van der Waals surface area contributed by atoms with Crippen molar-refractivity contribution in [3.8, 4) is 0 Å². The molecule has 226 valence electrons. The number of carbonyl (C=O) groups is 2. The van der Waals surface area contributed by atoms with Crippen LogP contribution in [0.3, 0.4) is 0 Å². The fourth-order valence-electron chi connectivity index (χ4n) is 4.08. The lowest BCUT2D eigenvalue weighted by molar-refractivity contribution is -0.139. The number of unbranched alkanes of at least 4 members (excludes halogenated alkanes) is 1. The largest absolute Gasteiger partial charge is 0.417 e. The van der Waals surface area contributed by atoms with Gasteiger partial charge in [-0.2, -0.15) is 13.2 Å². The van der Waals surface area contributed by atoms with Crippen LogP contribution in [0.1, 0.15) is 37.8 Å². The lowest BCUT2D eigenvalue weighted by Crippen LogP contribution is -2.51. The quantitative estimate of drug-likeness (QED) is 0.227. The molecular formula is C29H30Cl2F3N3O4S. The van der Waals surface area contributed by atoms with Gasteiger partial charge in [-0.3, -0.25) is 13.9 Å². The highest BCUT2D eigenvalue weighted by molar-refractivity contribution is 7.92. The molecule has 0 aromatic heterocycles. The molecule has 0 unspecified atom stereocenters. The zero-order valence-electron chi connectivity index (χ0n) is 22.9. The normalized spacial score (nSPS) is 12.5. The number of amides is 2. The van der Waals surface area contributed by atoms with Crippen LogP contribution in [0.25, 0.3) is 0 Å². The first-order chi connectivity index (χ1) is 19.8. The zero-order chi connectivity index (χ0) is 31.1. The number of benzene rings is 3. The lowest BCUT2D eigenvalue weighted by atomic mass is 10.1. The number of rotatable bonds is 12. The van der Waals surface area contributed by atoms with Crippen molar-refractivity contribution in [3.63, 3.8) is 0 Å². The van der Waals surface area contributed by atoms with Crippen molar-refractivity contribution < 1.29 is 31.2 Å². The number of carbonyl (C=O) groups excluding carboxylic acids is 2. The Morgan fingerprint density at radius 3 is 2.29 bits per heavy atom. The van der Waals surface area contributed by atoms with Gasteiger partial charge in [-0.25, -0.2) is 8.42 Å². The number of sulfonamides is 1. The van der Waals surface area contributed by atoms with E-state index >= 15 is 0 Å². The molecule has 0 spiro atoms. The third kappa shape index (κ3) is 8.39. The Bertz CT molecular complexity index is 1510. The van der Waals surface area contributed by atoms with Crippen LogP contribution in [0.2, 0.25) is 10.0 Å². The highest BCUT2D eigenvalue weighted by Gasteiger charge is 2.37. The average Bonchev–Trinajstić information content (AvgIpc) is 2.94. The summed E-state index contributed by atoms with van der Waals surface area (Å²) in [5.74, 6) is -1.29. The second-order valence-electron chi connectivity index (χ2n) is 9.46. The number of nitrogens with zero attached hydrogens (tertiary/aromatic N) is 2. The Kier molecular flexibility index (Phi) is 11.3. The molecule has 42 heavy (non-hydrogen) atoms. The van der Waals surface area contributed by atoms with Gasteiger partial charge in [0.1, 0.15) is 12.6 Å². The van der Waals surface area contributed by atoms with Crippen LogP contribution in [0.15, 0.2) is 77.7 Å². The highest BCUT2D eigenvalue weighted by Crippen LogP contribution is 2.38. The van der Waals surface area contributed by atoms with Crippen LogP contribution in [-0.4, -0.2) is 44.3 Å². The van der Waals surface area contributed by atoms with Gasteiger partial charge in [0.2, 0.25) is 11.8 Å². The second kappa shape index (κ2) is 14.3. The molecule has 0 saturated heterocycles. The molecule has 3 aromatic carbocycles. The van der Waals surface area contributed by atoms with Crippen molar-refractivity contribution in [2.45, 2.75) is 50.3 Å². The molecule has 0 bridgehead atoms. The number of halogens is 5. The molecule has 0 aliphatic rings. The summed E-state index contributed by atoms with van der Waals surface area (Å²) in [6.45, 7) is 2.80. The first-order valence-corrected chi connectivity index (χ1v) is 15.2. The molecule has 0 aliphatic heterocycles. The van der Waals surface area contributed by atoms with Gasteiger partial charge >= 0.3 is 6.18 Å². The summed E-state index contributed by atoms with van der Waals surface area (Å²) in [5, 5.41) is 2.51. The van der Waals surface area contributed by atoms with Gasteiger partial charge in [-0.05, 0) is 61.4 Å². The SMILES string of the molecule is CCCCNC(=O)[C@H](C)N(Cc1cccc(Cl)c1)C(=O)CN(c1ccc(Cl)c(C(F)(F)F)c1)S(=O)(=O)c1ccccc1. The van der Waals surface area contributed by atoms with Crippen LogP contribution in [0.4, 0.5) is 18.9 Å². The van der Waals surface area contributed by atoms with Crippen molar-refractivity contribution in [3.05, 3.63) is 94.0 Å². The van der Waals surface area contributed by atoms with Crippen molar-refractivity contribution in [1.29, 1.82) is 0 Å². The molecule has 2 amide bonds. The maximum atomic E-state index is 13.9. The second-order valence-corrected chi connectivity index (χ2v) is 12.2. The number of anilines is 1. The van der Waals surface area contributed by atoms with Crippen LogP contribution < -0.4 is 9.62 Å². The van der Waals surface area contributed by atoms with Crippen molar-refractivity contribution in [1.82, 2.24) is 10.2 Å². The van der Waals surface area contributed by atoms with E-state index in [1.807, 2.05) is 6.92 Å². The van der Waals surface area contributed by atoms with Crippen molar-refractivity contribution >= 4 is 50.7 Å². The van der Waals surface area contributed by atoms with Crippen molar-refractivity contribution in [2.75, 3.05) is 17.4 Å². The standard InChI is InChI=1S/C29H30Cl2F3N3O4S/c1-3-4-15-35-28(39)20(2)36(18-21-9-8-10-22(30)16-21)27(38)19-37(42(40,41)24-11-6-5-7-12-24)23-13-14-26(31)25(17-23)29(32,33)34/h5-14,16-17,20H,3-4,15,18-19H2,1-2H3,(H,35,39)/t20-/m0/s1. The molecule has 0 radical (unpaired) electrons. The minimum absolute atomic E-state index is 0.116. The molecule has 3 rings (SSSR count). The Morgan fingerprint density at radius 2 is 1.67 bits per heavy atom. The minimum Gasteiger partial charge on any atom is -0.354 e. The van der Waals surface area contributed by atoms with Crippen LogP contribution in [-0.2, 0) is 32.3 Å². The Balaban J connectivity index is 2.08. The molecule has 0 saturated carbocycles. The summed E-state index contributed by atoms with van der Waals surface area (Å²) in [4.78, 5) is 27.8. The zero-order valence-corrected chi connectivity index (χ0v) is 25.2. The summed E-state index contributed by atoms with van der Waals surface area (Å²) in [7, 11) is -4.55. The predicted octanol–water partition coefficient (Wildman–Crippen LogP) is 6.54. The fourth-order valence-corrected chi connectivity index (χ4v) is 5.95. The van der Waals surface area contributed by atoms with Gasteiger partial charge < -0.3 is 10.2 Å². The lowest BCUT2D eigenvalue weighted by Gasteiger charge is -2.32. The summed E-state index contributed by atoms with van der Waals surface area (Å²) < 4.78 is 69.3. The fraction of sp³-hybridized carbons (Fsp3) is 0.310. The number of alkyl halides is 3. The number of nitrogens with one attached hydrogen (secondary N) is 1. The van der Waals surface area contributed by atoms with Gasteiger partial charge in [0.05, 0.1) is 21.2 Å². The molecule has 13 heteroatoms. The van der Waals surface area contributed by atoms with Crippen LogP contribution >= 0.6 is 23.2 Å². The molecule has 1 atom stereocenters. The van der Waals surface area contributed by atoms with Gasteiger partial charge in [0.15, 0.2) is 0 Å². The van der Waals surface area contributed by atoms with E-state index in [-0.39, 0.29) is 11.4 Å². The topological polar surface area (TPSA) is 86.8 Å². The molecule has 1 N–H and O–H groups in total. The van der Waals surface area contributed by atoms with E-state index in [2.05, 4.69) is 5.32 Å². The van der Waals surface area contributed by atoms with E-state index in [4.69, 9.17) is 23.2 Å². The first kappa shape index (κ1) is 33.2. The molecule has 0 aliphatic carbocycles. The van der Waals surface area contributed by atoms with E-state index < -0.39 is 56.9 Å². The molecule has 0 heterocycles. The molecule has 3 aromatic rings. The van der Waals surface area contributed by atoms with Gasteiger partial charge in [-0.1, -0.05) is 66.9 Å². The highest BCUT2D eigenvalue weighted by atomic mass is 35.5. The smallest absolute Gasteiger partial charge is 0.354 e. The van der Waals surface area contributed by atoms with Crippen LogP contribution in [0.5, 0.6) is 0 Å². The van der Waals surface area contributed by atoms with E-state index in [0.717, 1.165) is 18.6 Å². The summed E-state index contributed by atoms with van der Waals surface area (Å²) >= 11 is 11.9. The van der Waals surface area contributed by atoms with Gasteiger partial charge in [-0.15, -0.1) is 0 Å². The molecule has 0 fully saturated rings. The van der Waals surface area contributed by atoms with E-state index in [1.165, 1.54) is 36.1 Å². The van der Waals surface area contributed by atoms with E-state index in [9.17, 15) is 31.2 Å². The minimum atomic E-state index is -4.89. The molecular weight excluding hydrogens is 614 g/mol. The van der Waals surface area contributed by atoms with Crippen LogP contribution in [0, 0.1) is 0 Å². The molecule has 7 nitrogen and oxygen atoms in total. The maximum absolute atomic E-state index is 13.9. The summed E-state index contributed by atoms with van der Waals surface area (Å²) in [6, 6.07) is 15.1. The van der Waals surface area contributed by atoms with Crippen molar-refractivity contribution in [2.24, 2.45) is 0 Å². The Morgan fingerprint density at radius 1 is 0.976 bits per heavy atom. The Labute approximate surface area is 253 Å². The first-order valence-electron chi connectivity index (χ1n) is 13.0. The third-order valence-corrected chi connectivity index (χ3v) is 8.74. The third-order valence-electron chi connectivity index (χ3n) is 6.39. The average molecular weight is 645 g/mol. The monoisotopic (exact) mass is 643 g/mol. The predicted molar refractivity (Wildman–Crippen MR) is 157 cm³/mol. The van der Waals surface area contributed by atoms with Gasteiger partial charge in [0.25, 0.3) is 10.0 Å². The summed E-state index contributed by atoms with van der Waals surface area (Å²) in [6.07, 6.45) is -3.35. The number of hydrogen-bond donors (Lipinski definition) is 1. The van der Waals surface area contributed by atoms with Gasteiger partial charge in [0, 0.05) is 18.1 Å². The van der Waals surface area contributed by atoms with E-state index in [1.54, 1.807) is 30.3 Å². The summed E-state index contributed by atoms with van der Waals surface area (Å²) in [5.41, 5.74) is -1.12. The maximum Gasteiger partial charge on any atom is 0.417 e. The van der Waals surface area contributed by atoms with E-state index in [0.29, 0.717) is 33.9 Å². The number of hydrogen-bond acceptors (Lipinski definition) is 4. The Hall–Kier alpha value is -3.28.